The van der Waals surface area contributed by atoms with Gasteiger partial charge in [0, 0.05) is 45.4 Å². The van der Waals surface area contributed by atoms with Crippen LogP contribution in [0.2, 0.25) is 0 Å². The van der Waals surface area contributed by atoms with Crippen LogP contribution >= 0.6 is 0 Å². The van der Waals surface area contributed by atoms with E-state index in [4.69, 9.17) is 4.74 Å². The molecule has 26 heavy (non-hydrogen) atoms. The molecule has 0 amide bonds. The van der Waals surface area contributed by atoms with E-state index in [1.54, 1.807) is 0 Å². The lowest BCUT2D eigenvalue weighted by atomic mass is 10.1. The standard InChI is InChI=1S/C21H38N4O/c1-7-14-26-16-20-11-9-8-10-19(20)15-24-21(22-6)23-12-13-25(17(2)3)18(4)5/h8-11,17-18H,7,12-16H2,1-6H3,(H2,22,23,24). The van der Waals surface area contributed by atoms with Crippen molar-refractivity contribution in [1.82, 2.24) is 15.5 Å². The van der Waals surface area contributed by atoms with Crippen LogP contribution in [0.4, 0.5) is 0 Å². The lowest BCUT2D eigenvalue weighted by Gasteiger charge is -2.30. The van der Waals surface area contributed by atoms with E-state index in [9.17, 15) is 0 Å². The highest BCUT2D eigenvalue weighted by Crippen LogP contribution is 2.10. The van der Waals surface area contributed by atoms with E-state index in [1.165, 1.54) is 11.1 Å². The first kappa shape index (κ1) is 22.5. The van der Waals surface area contributed by atoms with Crippen molar-refractivity contribution in [1.29, 1.82) is 0 Å². The predicted molar refractivity (Wildman–Crippen MR) is 112 cm³/mol. The van der Waals surface area contributed by atoms with Gasteiger partial charge < -0.3 is 15.4 Å². The highest BCUT2D eigenvalue weighted by atomic mass is 16.5. The van der Waals surface area contributed by atoms with Gasteiger partial charge in [-0.3, -0.25) is 9.89 Å². The summed E-state index contributed by atoms with van der Waals surface area (Å²) in [6.45, 7) is 15.2. The number of ether oxygens (including phenoxy) is 1. The second-order valence-corrected chi connectivity index (χ2v) is 7.10. The van der Waals surface area contributed by atoms with Crippen molar-refractivity contribution in [3.8, 4) is 0 Å². The van der Waals surface area contributed by atoms with Crippen LogP contribution in [-0.4, -0.2) is 49.7 Å². The van der Waals surface area contributed by atoms with E-state index < -0.39 is 0 Å². The van der Waals surface area contributed by atoms with E-state index >= 15 is 0 Å². The highest BCUT2D eigenvalue weighted by Gasteiger charge is 2.12. The summed E-state index contributed by atoms with van der Waals surface area (Å²) in [4.78, 5) is 6.81. The van der Waals surface area contributed by atoms with Gasteiger partial charge in [-0.1, -0.05) is 31.2 Å². The van der Waals surface area contributed by atoms with Crippen LogP contribution in [0.15, 0.2) is 29.3 Å². The first-order valence-electron chi connectivity index (χ1n) is 9.84. The van der Waals surface area contributed by atoms with Gasteiger partial charge in [0.15, 0.2) is 5.96 Å². The van der Waals surface area contributed by atoms with Crippen LogP contribution in [0.25, 0.3) is 0 Å². The molecule has 5 nitrogen and oxygen atoms in total. The first-order chi connectivity index (χ1) is 12.5. The molecule has 0 spiro atoms. The van der Waals surface area contributed by atoms with Crippen LogP contribution in [0, 0.1) is 0 Å². The zero-order chi connectivity index (χ0) is 19.4. The summed E-state index contributed by atoms with van der Waals surface area (Å²) in [5, 5.41) is 6.83. The molecule has 0 radical (unpaired) electrons. The second-order valence-electron chi connectivity index (χ2n) is 7.10. The fraction of sp³-hybridized carbons (Fsp3) is 0.667. The molecular weight excluding hydrogens is 324 g/mol. The Balaban J connectivity index is 2.49. The molecule has 1 aromatic rings. The number of aliphatic imine (C=N–C) groups is 1. The van der Waals surface area contributed by atoms with E-state index in [0.717, 1.165) is 38.6 Å². The molecule has 0 aliphatic heterocycles. The summed E-state index contributed by atoms with van der Waals surface area (Å²) >= 11 is 0. The van der Waals surface area contributed by atoms with Crippen molar-refractivity contribution in [3.05, 3.63) is 35.4 Å². The maximum atomic E-state index is 5.70. The zero-order valence-corrected chi connectivity index (χ0v) is 17.5. The largest absolute Gasteiger partial charge is 0.377 e. The third kappa shape index (κ3) is 8.19. The molecule has 0 aromatic heterocycles. The molecule has 0 bridgehead atoms. The monoisotopic (exact) mass is 362 g/mol. The molecule has 0 saturated carbocycles. The quantitative estimate of drug-likeness (QED) is 0.360. The summed E-state index contributed by atoms with van der Waals surface area (Å²) in [6, 6.07) is 9.49. The maximum Gasteiger partial charge on any atom is 0.191 e. The molecule has 0 fully saturated rings. The Labute approximate surface area is 160 Å². The molecule has 0 heterocycles. The molecule has 1 rings (SSSR count). The Kier molecular flexibility index (Phi) is 11.0. The summed E-state index contributed by atoms with van der Waals surface area (Å²) < 4.78 is 5.70. The topological polar surface area (TPSA) is 48.9 Å². The van der Waals surface area contributed by atoms with Crippen LogP contribution in [0.1, 0.15) is 52.2 Å². The van der Waals surface area contributed by atoms with Gasteiger partial charge in [0.1, 0.15) is 0 Å². The third-order valence-corrected chi connectivity index (χ3v) is 4.38. The number of hydrogen-bond donors (Lipinski definition) is 2. The first-order valence-corrected chi connectivity index (χ1v) is 9.84. The Morgan fingerprint density at radius 1 is 1.08 bits per heavy atom. The number of nitrogens with one attached hydrogen (secondary N) is 2. The number of benzene rings is 1. The van der Waals surface area contributed by atoms with E-state index in [2.05, 4.69) is 79.4 Å². The Morgan fingerprint density at radius 3 is 2.31 bits per heavy atom. The maximum absolute atomic E-state index is 5.70. The van der Waals surface area contributed by atoms with Crippen molar-refractivity contribution in [2.45, 2.75) is 66.3 Å². The molecule has 0 aliphatic rings. The van der Waals surface area contributed by atoms with Crippen molar-refractivity contribution in [2.24, 2.45) is 4.99 Å². The van der Waals surface area contributed by atoms with E-state index in [0.29, 0.717) is 18.7 Å². The van der Waals surface area contributed by atoms with Crippen LogP contribution in [-0.2, 0) is 17.9 Å². The molecule has 5 heteroatoms. The van der Waals surface area contributed by atoms with Gasteiger partial charge in [0.2, 0.25) is 0 Å². The minimum Gasteiger partial charge on any atom is -0.377 e. The Hall–Kier alpha value is -1.59. The van der Waals surface area contributed by atoms with Crippen LogP contribution < -0.4 is 10.6 Å². The molecule has 1 aromatic carbocycles. The lowest BCUT2D eigenvalue weighted by molar-refractivity contribution is 0.121. The van der Waals surface area contributed by atoms with Crippen molar-refractivity contribution in [3.63, 3.8) is 0 Å². The highest BCUT2D eigenvalue weighted by molar-refractivity contribution is 5.79. The minimum absolute atomic E-state index is 0.543. The van der Waals surface area contributed by atoms with Gasteiger partial charge in [0.25, 0.3) is 0 Å². The Bertz CT molecular complexity index is 520. The van der Waals surface area contributed by atoms with Gasteiger partial charge in [-0.2, -0.15) is 0 Å². The summed E-state index contributed by atoms with van der Waals surface area (Å²) in [5.41, 5.74) is 2.48. The third-order valence-electron chi connectivity index (χ3n) is 4.38. The smallest absolute Gasteiger partial charge is 0.191 e. The van der Waals surface area contributed by atoms with Gasteiger partial charge in [-0.25, -0.2) is 0 Å². The molecular formula is C21H38N4O. The van der Waals surface area contributed by atoms with Gasteiger partial charge in [-0.15, -0.1) is 0 Å². The van der Waals surface area contributed by atoms with Crippen LogP contribution in [0.3, 0.4) is 0 Å². The SMILES string of the molecule is CCCOCc1ccccc1CNC(=NC)NCCN(C(C)C)C(C)C. The van der Waals surface area contributed by atoms with Gasteiger partial charge in [0.05, 0.1) is 6.61 Å². The average molecular weight is 363 g/mol. The van der Waals surface area contributed by atoms with Crippen molar-refractivity contribution in [2.75, 3.05) is 26.7 Å². The number of nitrogens with zero attached hydrogens (tertiary/aromatic N) is 2. The molecule has 0 saturated heterocycles. The Morgan fingerprint density at radius 2 is 1.73 bits per heavy atom. The van der Waals surface area contributed by atoms with Gasteiger partial charge in [-0.05, 0) is 45.2 Å². The predicted octanol–water partition coefficient (Wildman–Crippen LogP) is 3.40. The minimum atomic E-state index is 0.543. The average Bonchev–Trinajstić information content (AvgIpc) is 2.61. The lowest BCUT2D eigenvalue weighted by Crippen LogP contribution is -2.45. The molecule has 0 atom stereocenters. The van der Waals surface area contributed by atoms with E-state index in [1.807, 2.05) is 7.05 Å². The normalized spacial score (nSPS) is 12.3. The number of hydrogen-bond acceptors (Lipinski definition) is 3. The van der Waals surface area contributed by atoms with Crippen molar-refractivity contribution < 1.29 is 4.74 Å². The fourth-order valence-electron chi connectivity index (χ4n) is 3.01. The summed E-state index contributed by atoms with van der Waals surface area (Å²) in [7, 11) is 1.81. The molecule has 0 unspecified atom stereocenters. The molecule has 2 N–H and O–H groups in total. The zero-order valence-electron chi connectivity index (χ0n) is 17.5. The van der Waals surface area contributed by atoms with Crippen LogP contribution in [0.5, 0.6) is 0 Å². The molecule has 0 aliphatic carbocycles. The number of guanidine groups is 1. The fourth-order valence-corrected chi connectivity index (χ4v) is 3.01. The van der Waals surface area contributed by atoms with Gasteiger partial charge >= 0.3 is 0 Å². The molecule has 148 valence electrons. The van der Waals surface area contributed by atoms with Crippen molar-refractivity contribution >= 4 is 5.96 Å². The number of rotatable bonds is 11. The second kappa shape index (κ2) is 12.7. The summed E-state index contributed by atoms with van der Waals surface area (Å²) in [6.07, 6.45) is 1.04. The summed E-state index contributed by atoms with van der Waals surface area (Å²) in [5.74, 6) is 0.835. The van der Waals surface area contributed by atoms with E-state index in [-0.39, 0.29) is 0 Å².